The number of nitrogens with one attached hydrogen (secondary N) is 1. The zero-order valence-corrected chi connectivity index (χ0v) is 8.97. The van der Waals surface area contributed by atoms with Gasteiger partial charge >= 0.3 is 0 Å². The summed E-state index contributed by atoms with van der Waals surface area (Å²) in [5, 5.41) is 13.1. The van der Waals surface area contributed by atoms with Gasteiger partial charge in [0.05, 0.1) is 22.7 Å². The van der Waals surface area contributed by atoms with Gasteiger partial charge in [0.25, 0.3) is 11.6 Å². The van der Waals surface area contributed by atoms with Gasteiger partial charge in [-0.25, -0.2) is 0 Å². The van der Waals surface area contributed by atoms with Crippen LogP contribution in [0.1, 0.15) is 10.4 Å². The number of nitro benzene ring substituents is 1. The van der Waals surface area contributed by atoms with Crippen LogP contribution in [0.2, 0.25) is 0 Å². The average molecular weight is 235 g/mol. The van der Waals surface area contributed by atoms with Gasteiger partial charge in [-0.2, -0.15) is 0 Å². The molecule has 1 aliphatic heterocycles. The minimum atomic E-state index is -0.578. The molecule has 1 aromatic rings. The van der Waals surface area contributed by atoms with Crippen LogP contribution in [0.4, 0.5) is 11.4 Å². The zero-order valence-electron chi connectivity index (χ0n) is 8.97. The van der Waals surface area contributed by atoms with Gasteiger partial charge in [0.1, 0.15) is 0 Å². The number of hydrogen-bond donors (Lipinski definition) is 1. The maximum absolute atomic E-state index is 11.8. The van der Waals surface area contributed by atoms with Crippen molar-refractivity contribution in [3.8, 4) is 0 Å². The molecule has 1 N–H and O–H groups in total. The van der Waals surface area contributed by atoms with Crippen molar-refractivity contribution < 1.29 is 14.5 Å². The third-order valence-corrected chi connectivity index (χ3v) is 2.45. The first-order chi connectivity index (χ1) is 7.99. The second kappa shape index (κ2) is 3.85. The van der Waals surface area contributed by atoms with Gasteiger partial charge in [0.15, 0.2) is 0 Å². The van der Waals surface area contributed by atoms with Crippen LogP contribution in [-0.4, -0.2) is 35.2 Å². The SMILES string of the molecule is CN1CC(=O)Nc2cc([N+](=O)[O-])ccc2C1=O. The van der Waals surface area contributed by atoms with Crippen LogP contribution >= 0.6 is 0 Å². The molecule has 0 fully saturated rings. The number of carbonyl (C=O) groups excluding carboxylic acids is 2. The molecule has 0 atom stereocenters. The van der Waals surface area contributed by atoms with Gasteiger partial charge in [-0.1, -0.05) is 0 Å². The van der Waals surface area contributed by atoms with Gasteiger partial charge in [-0.3, -0.25) is 19.7 Å². The zero-order chi connectivity index (χ0) is 12.6. The van der Waals surface area contributed by atoms with Crippen LogP contribution in [0.5, 0.6) is 0 Å². The number of nitrogens with zero attached hydrogens (tertiary/aromatic N) is 2. The predicted molar refractivity (Wildman–Crippen MR) is 58.7 cm³/mol. The number of hydrogen-bond acceptors (Lipinski definition) is 4. The number of benzene rings is 1. The van der Waals surface area contributed by atoms with Crippen molar-refractivity contribution in [1.29, 1.82) is 0 Å². The lowest BCUT2D eigenvalue weighted by molar-refractivity contribution is -0.384. The molecule has 0 bridgehead atoms. The van der Waals surface area contributed by atoms with Gasteiger partial charge in [-0.15, -0.1) is 0 Å². The molecule has 0 aromatic heterocycles. The van der Waals surface area contributed by atoms with Crippen molar-refractivity contribution in [2.24, 2.45) is 0 Å². The lowest BCUT2D eigenvalue weighted by atomic mass is 10.1. The number of carbonyl (C=O) groups is 2. The van der Waals surface area contributed by atoms with E-state index in [4.69, 9.17) is 0 Å². The Balaban J connectivity index is 2.54. The third kappa shape index (κ3) is 1.94. The summed E-state index contributed by atoms with van der Waals surface area (Å²) in [6, 6.07) is 3.77. The van der Waals surface area contributed by atoms with Gasteiger partial charge < -0.3 is 10.2 Å². The number of non-ortho nitro benzene ring substituents is 1. The van der Waals surface area contributed by atoms with E-state index in [9.17, 15) is 19.7 Å². The van der Waals surface area contributed by atoms with Crippen molar-refractivity contribution >= 4 is 23.2 Å². The number of fused-ring (bicyclic) bond motifs is 1. The Labute approximate surface area is 96.2 Å². The van der Waals surface area contributed by atoms with Crippen LogP contribution in [0.3, 0.4) is 0 Å². The van der Waals surface area contributed by atoms with Crippen LogP contribution in [0.15, 0.2) is 18.2 Å². The molecule has 0 unspecified atom stereocenters. The summed E-state index contributed by atoms with van der Waals surface area (Å²) in [6.45, 7) is -0.0681. The van der Waals surface area contributed by atoms with E-state index < -0.39 is 4.92 Å². The molecular weight excluding hydrogens is 226 g/mol. The molecule has 2 rings (SSSR count). The molecule has 0 saturated carbocycles. The number of anilines is 1. The van der Waals surface area contributed by atoms with E-state index in [1.165, 1.54) is 30.1 Å². The summed E-state index contributed by atoms with van der Waals surface area (Å²) >= 11 is 0. The Morgan fingerprint density at radius 3 is 2.76 bits per heavy atom. The molecule has 7 heteroatoms. The number of rotatable bonds is 1. The summed E-state index contributed by atoms with van der Waals surface area (Å²) in [4.78, 5) is 34.5. The van der Waals surface area contributed by atoms with E-state index in [-0.39, 0.29) is 35.3 Å². The van der Waals surface area contributed by atoms with Gasteiger partial charge in [-0.05, 0) is 6.07 Å². The van der Waals surface area contributed by atoms with Crippen molar-refractivity contribution in [3.63, 3.8) is 0 Å². The second-order valence-corrected chi connectivity index (χ2v) is 3.70. The molecule has 7 nitrogen and oxygen atoms in total. The van der Waals surface area contributed by atoms with Crippen molar-refractivity contribution in [2.45, 2.75) is 0 Å². The second-order valence-electron chi connectivity index (χ2n) is 3.70. The van der Waals surface area contributed by atoms with E-state index >= 15 is 0 Å². The average Bonchev–Trinajstić information content (AvgIpc) is 2.36. The van der Waals surface area contributed by atoms with Crippen LogP contribution in [0.25, 0.3) is 0 Å². The molecule has 1 aromatic carbocycles. The topological polar surface area (TPSA) is 92.6 Å². The maximum atomic E-state index is 11.8. The maximum Gasteiger partial charge on any atom is 0.271 e. The number of amides is 2. The minimum Gasteiger partial charge on any atom is -0.332 e. The highest BCUT2D eigenvalue weighted by atomic mass is 16.6. The summed E-state index contributed by atoms with van der Waals surface area (Å²) in [5.41, 5.74) is 0.268. The molecule has 2 amide bonds. The highest BCUT2D eigenvalue weighted by molar-refractivity contribution is 6.08. The summed E-state index contributed by atoms with van der Waals surface area (Å²) < 4.78 is 0. The first kappa shape index (κ1) is 11.1. The lowest BCUT2D eigenvalue weighted by Crippen LogP contribution is -2.31. The Morgan fingerprint density at radius 2 is 2.12 bits per heavy atom. The van der Waals surface area contributed by atoms with E-state index in [2.05, 4.69) is 5.32 Å². The normalized spacial score (nSPS) is 15.0. The quantitative estimate of drug-likeness (QED) is 0.570. The first-order valence-corrected chi connectivity index (χ1v) is 4.83. The largest absolute Gasteiger partial charge is 0.332 e. The van der Waals surface area contributed by atoms with Crippen LogP contribution in [0, 0.1) is 10.1 Å². The number of nitro groups is 1. The molecule has 0 aliphatic carbocycles. The van der Waals surface area contributed by atoms with Crippen LogP contribution in [-0.2, 0) is 4.79 Å². The van der Waals surface area contributed by atoms with Gasteiger partial charge in [0.2, 0.25) is 5.91 Å². The lowest BCUT2D eigenvalue weighted by Gasteiger charge is -2.11. The van der Waals surface area contributed by atoms with E-state index in [1.54, 1.807) is 0 Å². The Kier molecular flexibility index (Phi) is 2.51. The minimum absolute atomic E-state index is 0.0681. The standard InChI is InChI=1S/C10H9N3O4/c1-12-5-9(14)11-8-4-6(13(16)17)2-3-7(8)10(12)15/h2-4H,5H2,1H3,(H,11,14). The summed E-state index contributed by atoms with van der Waals surface area (Å²) in [5.74, 6) is -0.714. The molecule has 1 heterocycles. The highest BCUT2D eigenvalue weighted by Crippen LogP contribution is 2.25. The Morgan fingerprint density at radius 1 is 1.41 bits per heavy atom. The fraction of sp³-hybridized carbons (Fsp3) is 0.200. The molecule has 1 aliphatic rings. The summed E-state index contributed by atoms with van der Waals surface area (Å²) in [6.07, 6.45) is 0. The Hall–Kier alpha value is -2.44. The van der Waals surface area contributed by atoms with E-state index in [1.807, 2.05) is 0 Å². The molecule has 17 heavy (non-hydrogen) atoms. The van der Waals surface area contributed by atoms with E-state index in [0.29, 0.717) is 0 Å². The fourth-order valence-corrected chi connectivity index (χ4v) is 1.62. The third-order valence-electron chi connectivity index (χ3n) is 2.45. The highest BCUT2D eigenvalue weighted by Gasteiger charge is 2.25. The monoisotopic (exact) mass is 235 g/mol. The smallest absolute Gasteiger partial charge is 0.271 e. The summed E-state index contributed by atoms with van der Waals surface area (Å²) in [7, 11) is 1.50. The molecular formula is C10H9N3O4. The van der Waals surface area contributed by atoms with Crippen molar-refractivity contribution in [3.05, 3.63) is 33.9 Å². The fourth-order valence-electron chi connectivity index (χ4n) is 1.62. The molecule has 0 radical (unpaired) electrons. The van der Waals surface area contributed by atoms with Gasteiger partial charge in [0, 0.05) is 19.2 Å². The predicted octanol–water partition coefficient (Wildman–Crippen LogP) is 0.619. The molecule has 0 saturated heterocycles. The number of likely N-dealkylation sites (N-methyl/N-ethyl adjacent to an activating group) is 1. The van der Waals surface area contributed by atoms with Crippen LogP contribution < -0.4 is 5.32 Å². The molecule has 0 spiro atoms. The van der Waals surface area contributed by atoms with Crippen molar-refractivity contribution in [1.82, 2.24) is 4.90 Å². The van der Waals surface area contributed by atoms with E-state index in [0.717, 1.165) is 0 Å². The first-order valence-electron chi connectivity index (χ1n) is 4.83. The molecule has 88 valence electrons. The Bertz CT molecular complexity index is 526. The van der Waals surface area contributed by atoms with Crippen molar-refractivity contribution in [2.75, 3.05) is 18.9 Å².